The first-order valence-electron chi connectivity index (χ1n) is 8.15. The highest BCUT2D eigenvalue weighted by Gasteiger charge is 2.32. The van der Waals surface area contributed by atoms with Crippen LogP contribution in [0.1, 0.15) is 12.8 Å². The van der Waals surface area contributed by atoms with Gasteiger partial charge in [0.2, 0.25) is 5.91 Å². The Hall–Kier alpha value is -1.90. The van der Waals surface area contributed by atoms with Gasteiger partial charge in [-0.2, -0.15) is 0 Å². The number of carbonyl (C=O) groups excluding carboxylic acids is 2. The van der Waals surface area contributed by atoms with E-state index in [1.54, 1.807) is 0 Å². The molecule has 1 aromatic rings. The summed E-state index contributed by atoms with van der Waals surface area (Å²) >= 11 is 5.63. The van der Waals surface area contributed by atoms with Crippen molar-refractivity contribution in [2.75, 3.05) is 31.5 Å². The van der Waals surface area contributed by atoms with Crippen molar-refractivity contribution in [3.05, 3.63) is 29.0 Å². The number of hydrogen-bond acceptors (Lipinski definition) is 4. The molecule has 0 spiro atoms. The van der Waals surface area contributed by atoms with Gasteiger partial charge in [0.25, 0.3) is 0 Å². The largest absolute Gasteiger partial charge is 0.338 e. The number of benzene rings is 1. The first-order chi connectivity index (χ1) is 11.9. The summed E-state index contributed by atoms with van der Waals surface area (Å²) in [6.45, 7) is 1.60. The Morgan fingerprint density at radius 1 is 1.36 bits per heavy atom. The highest BCUT2D eigenvalue weighted by atomic mass is 35.5. The van der Waals surface area contributed by atoms with E-state index in [1.165, 1.54) is 17.0 Å². The Morgan fingerprint density at radius 2 is 2.12 bits per heavy atom. The van der Waals surface area contributed by atoms with E-state index in [4.69, 9.17) is 23.1 Å². The number of halogens is 2. The van der Waals surface area contributed by atoms with E-state index < -0.39 is 11.7 Å². The number of nitrogens with zero attached hydrogens (tertiary/aromatic N) is 1. The summed E-state index contributed by atoms with van der Waals surface area (Å²) in [6, 6.07) is 3.48. The van der Waals surface area contributed by atoms with Crippen LogP contribution in [0.2, 0.25) is 5.02 Å². The molecule has 1 aliphatic heterocycles. The molecule has 7 nitrogen and oxygen atoms in total. The second-order valence-corrected chi connectivity index (χ2v) is 6.50. The standard InChI is InChI=1S/C16H23ClFN5O2/c17-13-3-2-12(7-14(13)18)22-15(24)10-6-11(20)9-23(8-10)16(25)21-5-1-4-19/h2-3,7,10-11H,1,4-6,8-9,19-20H2,(H,21,25)(H,22,24). The first kappa shape index (κ1) is 19.4. The molecular weight excluding hydrogens is 349 g/mol. The predicted octanol–water partition coefficient (Wildman–Crippen LogP) is 1.13. The fraction of sp³-hybridized carbons (Fsp3) is 0.500. The Morgan fingerprint density at radius 3 is 2.80 bits per heavy atom. The number of urea groups is 1. The van der Waals surface area contributed by atoms with E-state index in [-0.39, 0.29) is 29.5 Å². The summed E-state index contributed by atoms with van der Waals surface area (Å²) in [4.78, 5) is 26.1. The fourth-order valence-corrected chi connectivity index (χ4v) is 2.84. The lowest BCUT2D eigenvalue weighted by atomic mass is 9.94. The van der Waals surface area contributed by atoms with Gasteiger partial charge in [-0.3, -0.25) is 4.79 Å². The molecule has 0 aromatic heterocycles. The minimum atomic E-state index is -0.610. The van der Waals surface area contributed by atoms with Gasteiger partial charge in [-0.25, -0.2) is 9.18 Å². The number of piperidine rings is 1. The van der Waals surface area contributed by atoms with Crippen LogP contribution in [-0.4, -0.2) is 49.1 Å². The van der Waals surface area contributed by atoms with E-state index >= 15 is 0 Å². The SMILES string of the molecule is NCCCNC(=O)N1CC(N)CC(C(=O)Nc2ccc(Cl)c(F)c2)C1. The van der Waals surface area contributed by atoms with Crippen molar-refractivity contribution in [3.63, 3.8) is 0 Å². The highest BCUT2D eigenvalue weighted by molar-refractivity contribution is 6.30. The molecular formula is C16H23ClFN5O2. The molecule has 1 fully saturated rings. The summed E-state index contributed by atoms with van der Waals surface area (Å²) in [7, 11) is 0. The lowest BCUT2D eigenvalue weighted by Gasteiger charge is -2.35. The van der Waals surface area contributed by atoms with E-state index in [1.807, 2.05) is 0 Å². The third kappa shape index (κ3) is 5.55. The maximum Gasteiger partial charge on any atom is 0.317 e. The van der Waals surface area contributed by atoms with Crippen LogP contribution in [0, 0.1) is 11.7 Å². The second kappa shape index (κ2) is 8.98. The molecule has 2 unspecified atom stereocenters. The lowest BCUT2D eigenvalue weighted by molar-refractivity contribution is -0.121. The number of amides is 3. The molecule has 138 valence electrons. The zero-order valence-corrected chi connectivity index (χ0v) is 14.6. The average molecular weight is 372 g/mol. The Bertz CT molecular complexity index is 631. The van der Waals surface area contributed by atoms with Crippen LogP contribution in [-0.2, 0) is 4.79 Å². The summed E-state index contributed by atoms with van der Waals surface area (Å²) in [5.41, 5.74) is 11.7. The Labute approximate surface area is 150 Å². The number of anilines is 1. The molecule has 2 atom stereocenters. The summed E-state index contributed by atoms with van der Waals surface area (Å²) in [6.07, 6.45) is 1.13. The smallest absolute Gasteiger partial charge is 0.317 e. The van der Waals surface area contributed by atoms with Crippen LogP contribution >= 0.6 is 11.6 Å². The zero-order chi connectivity index (χ0) is 18.4. The van der Waals surface area contributed by atoms with Crippen molar-refractivity contribution in [3.8, 4) is 0 Å². The highest BCUT2D eigenvalue weighted by Crippen LogP contribution is 2.21. The Kier molecular flexibility index (Phi) is 6.98. The van der Waals surface area contributed by atoms with Gasteiger partial charge >= 0.3 is 6.03 Å². The summed E-state index contributed by atoms with van der Waals surface area (Å²) in [5.74, 6) is -1.39. The van der Waals surface area contributed by atoms with Crippen molar-refractivity contribution in [1.82, 2.24) is 10.2 Å². The number of nitrogens with one attached hydrogen (secondary N) is 2. The summed E-state index contributed by atoms with van der Waals surface area (Å²) in [5, 5.41) is 5.38. The number of hydrogen-bond donors (Lipinski definition) is 4. The molecule has 1 heterocycles. The van der Waals surface area contributed by atoms with Crippen molar-refractivity contribution < 1.29 is 14.0 Å². The number of rotatable bonds is 5. The van der Waals surface area contributed by atoms with Gasteiger partial charge < -0.3 is 27.0 Å². The van der Waals surface area contributed by atoms with Gasteiger partial charge in [0.15, 0.2) is 0 Å². The normalized spacial score (nSPS) is 20.2. The van der Waals surface area contributed by atoms with Crippen molar-refractivity contribution in [2.24, 2.45) is 17.4 Å². The fourth-order valence-electron chi connectivity index (χ4n) is 2.72. The molecule has 0 bridgehead atoms. The van der Waals surface area contributed by atoms with E-state index in [2.05, 4.69) is 10.6 Å². The zero-order valence-electron chi connectivity index (χ0n) is 13.8. The van der Waals surface area contributed by atoms with E-state index in [0.29, 0.717) is 38.2 Å². The van der Waals surface area contributed by atoms with Gasteiger partial charge in [0.1, 0.15) is 5.82 Å². The van der Waals surface area contributed by atoms with Gasteiger partial charge in [-0.05, 0) is 37.6 Å². The van der Waals surface area contributed by atoms with Crippen LogP contribution in [0.5, 0.6) is 0 Å². The maximum atomic E-state index is 13.5. The molecule has 1 aliphatic rings. The predicted molar refractivity (Wildman–Crippen MR) is 94.8 cm³/mol. The van der Waals surface area contributed by atoms with E-state index in [9.17, 15) is 14.0 Å². The summed E-state index contributed by atoms with van der Waals surface area (Å²) < 4.78 is 13.5. The van der Waals surface area contributed by atoms with Crippen LogP contribution in [0.3, 0.4) is 0 Å². The average Bonchev–Trinajstić information content (AvgIpc) is 2.57. The van der Waals surface area contributed by atoms with Crippen LogP contribution in [0.4, 0.5) is 14.9 Å². The van der Waals surface area contributed by atoms with Gasteiger partial charge in [0.05, 0.1) is 10.9 Å². The number of likely N-dealkylation sites (tertiary alicyclic amines) is 1. The minimum Gasteiger partial charge on any atom is -0.338 e. The number of carbonyl (C=O) groups is 2. The maximum absolute atomic E-state index is 13.5. The van der Waals surface area contributed by atoms with Crippen molar-refractivity contribution in [1.29, 1.82) is 0 Å². The lowest BCUT2D eigenvalue weighted by Crippen LogP contribution is -2.54. The second-order valence-electron chi connectivity index (χ2n) is 6.09. The molecule has 1 saturated heterocycles. The molecule has 2 rings (SSSR count). The van der Waals surface area contributed by atoms with Crippen molar-refractivity contribution in [2.45, 2.75) is 18.9 Å². The van der Waals surface area contributed by atoms with Gasteiger partial charge in [-0.15, -0.1) is 0 Å². The molecule has 25 heavy (non-hydrogen) atoms. The first-order valence-corrected chi connectivity index (χ1v) is 8.53. The number of nitrogens with two attached hydrogens (primary N) is 2. The van der Waals surface area contributed by atoms with Gasteiger partial charge in [0, 0.05) is 31.4 Å². The molecule has 3 amide bonds. The quantitative estimate of drug-likeness (QED) is 0.581. The monoisotopic (exact) mass is 371 g/mol. The third-order valence-electron chi connectivity index (χ3n) is 3.99. The van der Waals surface area contributed by atoms with Crippen molar-refractivity contribution >= 4 is 29.2 Å². The van der Waals surface area contributed by atoms with Crippen LogP contribution < -0.4 is 22.1 Å². The van der Waals surface area contributed by atoms with E-state index in [0.717, 1.165) is 6.07 Å². The molecule has 0 saturated carbocycles. The Balaban J connectivity index is 1.96. The third-order valence-corrected chi connectivity index (χ3v) is 4.29. The molecule has 6 N–H and O–H groups in total. The van der Waals surface area contributed by atoms with Gasteiger partial charge in [-0.1, -0.05) is 11.6 Å². The minimum absolute atomic E-state index is 0.0157. The van der Waals surface area contributed by atoms with Crippen LogP contribution in [0.25, 0.3) is 0 Å². The topological polar surface area (TPSA) is 113 Å². The van der Waals surface area contributed by atoms with Crippen LogP contribution in [0.15, 0.2) is 18.2 Å². The molecule has 0 radical (unpaired) electrons. The molecule has 9 heteroatoms. The molecule has 1 aromatic carbocycles. The molecule has 0 aliphatic carbocycles.